The molecule has 6 nitrogen and oxygen atoms in total. The largest absolute Gasteiger partial charge is 0.426 e. The first-order valence-electron chi connectivity index (χ1n) is 9.16. The van der Waals surface area contributed by atoms with Crippen molar-refractivity contribution in [3.63, 3.8) is 0 Å². The lowest BCUT2D eigenvalue weighted by molar-refractivity contribution is -0.134. The number of hydrogen-bond donors (Lipinski definition) is 1. The Kier molecular flexibility index (Phi) is 4.83. The Labute approximate surface area is 167 Å². The Morgan fingerprint density at radius 1 is 0.862 bits per heavy atom. The molecule has 144 valence electrons. The van der Waals surface area contributed by atoms with Gasteiger partial charge in [-0.3, -0.25) is 14.4 Å². The van der Waals surface area contributed by atoms with Crippen molar-refractivity contribution in [2.75, 3.05) is 10.6 Å². The van der Waals surface area contributed by atoms with Crippen molar-refractivity contribution < 1.29 is 19.1 Å². The first-order valence-corrected chi connectivity index (χ1v) is 9.16. The molecule has 4 rings (SSSR count). The summed E-state index contributed by atoms with van der Waals surface area (Å²) in [6, 6.07) is 20.6. The number of para-hydroxylation sites is 1. The predicted molar refractivity (Wildman–Crippen MR) is 109 cm³/mol. The van der Waals surface area contributed by atoms with E-state index in [2.05, 4.69) is 0 Å². The third-order valence-electron chi connectivity index (χ3n) is 4.71. The van der Waals surface area contributed by atoms with E-state index in [4.69, 9.17) is 10.5 Å². The molecule has 0 fully saturated rings. The second-order valence-corrected chi connectivity index (χ2v) is 6.68. The number of rotatable bonds is 5. The summed E-state index contributed by atoms with van der Waals surface area (Å²) < 4.78 is 5.44. The summed E-state index contributed by atoms with van der Waals surface area (Å²) >= 11 is 0. The van der Waals surface area contributed by atoms with Crippen molar-refractivity contribution >= 4 is 29.2 Å². The van der Waals surface area contributed by atoms with E-state index >= 15 is 0 Å². The van der Waals surface area contributed by atoms with Crippen LogP contribution in [0.15, 0.2) is 72.8 Å². The number of benzene rings is 3. The van der Waals surface area contributed by atoms with Crippen molar-refractivity contribution in [1.29, 1.82) is 0 Å². The number of nitrogen functional groups attached to an aromatic ring is 1. The van der Waals surface area contributed by atoms with Crippen LogP contribution in [0, 0.1) is 0 Å². The van der Waals surface area contributed by atoms with Crippen molar-refractivity contribution in [1.82, 2.24) is 0 Å². The van der Waals surface area contributed by atoms with E-state index in [1.165, 1.54) is 6.07 Å². The van der Waals surface area contributed by atoms with Gasteiger partial charge in [-0.2, -0.15) is 0 Å². The number of carbonyl (C=O) groups is 3. The van der Waals surface area contributed by atoms with Crippen LogP contribution >= 0.6 is 0 Å². The molecule has 0 spiro atoms. The van der Waals surface area contributed by atoms with Crippen molar-refractivity contribution in [2.24, 2.45) is 0 Å². The molecule has 2 N–H and O–H groups in total. The fraction of sp³-hybridized carbons (Fsp3) is 0.0870. The number of esters is 1. The van der Waals surface area contributed by atoms with Gasteiger partial charge in [0, 0.05) is 12.1 Å². The molecule has 0 radical (unpaired) electrons. The molecule has 3 aromatic rings. The first kappa shape index (κ1) is 18.4. The van der Waals surface area contributed by atoms with Gasteiger partial charge in [-0.15, -0.1) is 0 Å². The zero-order valence-electron chi connectivity index (χ0n) is 15.5. The van der Waals surface area contributed by atoms with Crippen LogP contribution < -0.4 is 15.4 Å². The smallest absolute Gasteiger partial charge is 0.311 e. The van der Waals surface area contributed by atoms with Crippen molar-refractivity contribution in [2.45, 2.75) is 12.8 Å². The number of aryl methyl sites for hydroxylation is 1. The molecule has 0 unspecified atom stereocenters. The maximum atomic E-state index is 12.9. The quantitative estimate of drug-likeness (QED) is 0.313. The number of ether oxygens (including phenoxy) is 1. The Bertz CT molecular complexity index is 1090. The van der Waals surface area contributed by atoms with Crippen LogP contribution in [-0.4, -0.2) is 17.8 Å². The molecule has 6 heteroatoms. The lowest BCUT2D eigenvalue weighted by Crippen LogP contribution is -2.29. The molecule has 0 bridgehead atoms. The van der Waals surface area contributed by atoms with Crippen LogP contribution in [-0.2, 0) is 11.2 Å². The fourth-order valence-corrected chi connectivity index (χ4v) is 3.26. The minimum atomic E-state index is -0.502. The van der Waals surface area contributed by atoms with Crippen molar-refractivity contribution in [3.8, 4) is 5.75 Å². The standard InChI is InChI=1S/C23H18N2O4/c24-16-12-9-15(10-13-16)11-14-20(26)29-19-8-4-7-18-21(19)23(28)25(22(18)27)17-5-2-1-3-6-17/h1-10,12-13H,11,14,24H2. The molecule has 0 saturated carbocycles. The van der Waals surface area contributed by atoms with Crippen LogP contribution in [0.5, 0.6) is 5.75 Å². The maximum Gasteiger partial charge on any atom is 0.311 e. The Morgan fingerprint density at radius 3 is 2.31 bits per heavy atom. The van der Waals surface area contributed by atoms with Gasteiger partial charge in [-0.05, 0) is 48.4 Å². The molecule has 0 aromatic heterocycles. The van der Waals surface area contributed by atoms with E-state index in [0.29, 0.717) is 17.8 Å². The van der Waals surface area contributed by atoms with Gasteiger partial charge >= 0.3 is 5.97 Å². The van der Waals surface area contributed by atoms with Crippen LogP contribution in [0.25, 0.3) is 0 Å². The van der Waals surface area contributed by atoms with Gasteiger partial charge in [0.05, 0.1) is 16.8 Å². The number of anilines is 2. The first-order chi connectivity index (χ1) is 14.0. The number of nitrogens with zero attached hydrogens (tertiary/aromatic N) is 1. The number of fused-ring (bicyclic) bond motifs is 1. The second-order valence-electron chi connectivity index (χ2n) is 6.68. The summed E-state index contributed by atoms with van der Waals surface area (Å²) in [4.78, 5) is 39.1. The van der Waals surface area contributed by atoms with Gasteiger partial charge in [0.25, 0.3) is 11.8 Å². The average Bonchev–Trinajstić information content (AvgIpc) is 2.99. The topological polar surface area (TPSA) is 89.7 Å². The zero-order valence-corrected chi connectivity index (χ0v) is 15.5. The molecule has 1 heterocycles. The van der Waals surface area contributed by atoms with Gasteiger partial charge in [0.1, 0.15) is 5.75 Å². The van der Waals surface area contributed by atoms with Crippen molar-refractivity contribution in [3.05, 3.63) is 89.5 Å². The number of hydrogen-bond acceptors (Lipinski definition) is 5. The highest BCUT2D eigenvalue weighted by Gasteiger charge is 2.39. The summed E-state index contributed by atoms with van der Waals surface area (Å²) in [5.74, 6) is -1.32. The Balaban J connectivity index is 1.52. The molecule has 1 aliphatic heterocycles. The molecule has 1 aliphatic rings. The highest BCUT2D eigenvalue weighted by molar-refractivity contribution is 6.35. The van der Waals surface area contributed by atoms with E-state index in [9.17, 15) is 14.4 Å². The third kappa shape index (κ3) is 3.60. The van der Waals surface area contributed by atoms with Gasteiger partial charge in [-0.25, -0.2) is 4.90 Å². The van der Waals surface area contributed by atoms with E-state index in [-0.39, 0.29) is 23.3 Å². The van der Waals surface area contributed by atoms with E-state index in [1.807, 2.05) is 12.1 Å². The summed E-state index contributed by atoms with van der Waals surface area (Å²) in [5, 5.41) is 0. The Morgan fingerprint density at radius 2 is 1.59 bits per heavy atom. The lowest BCUT2D eigenvalue weighted by Gasteiger charge is -2.13. The summed E-state index contributed by atoms with van der Waals surface area (Å²) in [7, 11) is 0. The molecular formula is C23H18N2O4. The van der Waals surface area contributed by atoms with Gasteiger partial charge in [0.15, 0.2) is 0 Å². The third-order valence-corrected chi connectivity index (χ3v) is 4.71. The SMILES string of the molecule is Nc1ccc(CCC(=O)Oc2cccc3c2C(=O)N(c2ccccc2)C3=O)cc1. The highest BCUT2D eigenvalue weighted by Crippen LogP contribution is 2.34. The molecule has 0 atom stereocenters. The molecule has 0 saturated heterocycles. The molecule has 3 aromatic carbocycles. The minimum Gasteiger partial charge on any atom is -0.426 e. The number of nitrogens with two attached hydrogens (primary N) is 1. The van der Waals surface area contributed by atoms with Gasteiger partial charge in [-0.1, -0.05) is 36.4 Å². The predicted octanol–water partition coefficient (Wildman–Crippen LogP) is 3.61. The number of carbonyl (C=O) groups excluding carboxylic acids is 3. The maximum absolute atomic E-state index is 12.9. The van der Waals surface area contributed by atoms with E-state index < -0.39 is 17.8 Å². The highest BCUT2D eigenvalue weighted by atomic mass is 16.5. The molecule has 0 aliphatic carbocycles. The van der Waals surface area contributed by atoms with Crippen LogP contribution in [0.4, 0.5) is 11.4 Å². The fourth-order valence-electron chi connectivity index (χ4n) is 3.26. The normalized spacial score (nSPS) is 12.8. The average molecular weight is 386 g/mol. The number of imide groups is 1. The minimum absolute atomic E-state index is 0.0987. The molecule has 2 amide bonds. The lowest BCUT2D eigenvalue weighted by atomic mass is 10.1. The van der Waals surface area contributed by atoms with Crippen LogP contribution in [0.3, 0.4) is 0 Å². The van der Waals surface area contributed by atoms with Crippen LogP contribution in [0.2, 0.25) is 0 Å². The Hall–Kier alpha value is -3.93. The van der Waals surface area contributed by atoms with Gasteiger partial charge < -0.3 is 10.5 Å². The van der Waals surface area contributed by atoms with Gasteiger partial charge in [0.2, 0.25) is 0 Å². The number of amides is 2. The zero-order chi connectivity index (χ0) is 20.4. The summed E-state index contributed by atoms with van der Waals surface area (Å²) in [5.41, 5.74) is 8.08. The molecule has 29 heavy (non-hydrogen) atoms. The molecular weight excluding hydrogens is 368 g/mol. The second kappa shape index (κ2) is 7.59. The summed E-state index contributed by atoms with van der Waals surface area (Å²) in [6.45, 7) is 0. The van der Waals surface area contributed by atoms with E-state index in [0.717, 1.165) is 10.5 Å². The van der Waals surface area contributed by atoms with Crippen LogP contribution in [0.1, 0.15) is 32.7 Å². The van der Waals surface area contributed by atoms with E-state index in [1.54, 1.807) is 54.6 Å². The monoisotopic (exact) mass is 386 g/mol. The summed E-state index contributed by atoms with van der Waals surface area (Å²) in [6.07, 6.45) is 0.620.